The number of fused-ring (bicyclic) bond motifs is 1. The molecule has 138 valence electrons. The van der Waals surface area contributed by atoms with Crippen molar-refractivity contribution >= 4 is 23.1 Å². The Hall–Kier alpha value is -3.35. The first-order valence-corrected chi connectivity index (χ1v) is 8.87. The van der Waals surface area contributed by atoms with E-state index in [0.717, 1.165) is 16.7 Å². The highest BCUT2D eigenvalue weighted by Gasteiger charge is 2.33. The molecule has 0 spiro atoms. The smallest absolute Gasteiger partial charge is 0.338 e. The van der Waals surface area contributed by atoms with E-state index < -0.39 is 0 Å². The largest absolute Gasteiger partial charge is 0.494 e. The fourth-order valence-electron chi connectivity index (χ4n) is 3.28. The molecule has 4 rings (SSSR count). The number of imide groups is 1. The summed E-state index contributed by atoms with van der Waals surface area (Å²) in [4.78, 5) is 32.7. The van der Waals surface area contributed by atoms with E-state index in [-0.39, 0.29) is 12.1 Å². The Balaban J connectivity index is 1.82. The van der Waals surface area contributed by atoms with Gasteiger partial charge in [-0.05, 0) is 55.0 Å². The minimum Gasteiger partial charge on any atom is -0.494 e. The predicted molar refractivity (Wildman–Crippen MR) is 102 cm³/mol. The first-order chi connectivity index (χ1) is 13.1. The second-order valence-electron chi connectivity index (χ2n) is 6.38. The maximum atomic E-state index is 13.2. The zero-order chi connectivity index (χ0) is 19.0. The molecule has 1 saturated heterocycles. The predicted octanol–water partition coefficient (Wildman–Crippen LogP) is 3.44. The fourth-order valence-corrected chi connectivity index (χ4v) is 3.28. The molecule has 0 bridgehead atoms. The molecule has 7 nitrogen and oxygen atoms in total. The second-order valence-corrected chi connectivity index (χ2v) is 6.38. The summed E-state index contributed by atoms with van der Waals surface area (Å²) in [5.74, 6) is 0.768. The molecular weight excluding hydrogens is 344 g/mol. The van der Waals surface area contributed by atoms with Gasteiger partial charge >= 0.3 is 12.1 Å². The third-order valence-electron chi connectivity index (χ3n) is 4.66. The van der Waals surface area contributed by atoms with Crippen LogP contribution in [-0.4, -0.2) is 58.2 Å². The van der Waals surface area contributed by atoms with Crippen molar-refractivity contribution in [2.75, 3.05) is 26.7 Å². The van der Waals surface area contributed by atoms with E-state index in [9.17, 15) is 9.59 Å². The second kappa shape index (κ2) is 6.75. The van der Waals surface area contributed by atoms with Gasteiger partial charge in [-0.25, -0.2) is 24.0 Å². The standard InChI is InChI=1S/C20H20N4O3/c1-3-27-16-8-6-14(7-9-16)17-13-15-5-4-10-21-18(15)24(17)20(26)23-12-11-22(2)19(23)25/h4-10,13H,3,11-12H2,1-2H3. The Morgan fingerprint density at radius 2 is 1.96 bits per heavy atom. The maximum Gasteiger partial charge on any atom is 0.338 e. The lowest BCUT2D eigenvalue weighted by Gasteiger charge is -2.17. The van der Waals surface area contributed by atoms with Crippen molar-refractivity contribution in [3.8, 4) is 17.0 Å². The monoisotopic (exact) mass is 364 g/mol. The summed E-state index contributed by atoms with van der Waals surface area (Å²) in [6.45, 7) is 3.41. The van der Waals surface area contributed by atoms with Gasteiger partial charge in [0.1, 0.15) is 11.4 Å². The van der Waals surface area contributed by atoms with Gasteiger partial charge in [0.05, 0.1) is 12.3 Å². The zero-order valence-corrected chi connectivity index (χ0v) is 15.3. The first kappa shape index (κ1) is 17.1. The van der Waals surface area contributed by atoms with Gasteiger partial charge in [-0.3, -0.25) is 0 Å². The lowest BCUT2D eigenvalue weighted by atomic mass is 10.1. The lowest BCUT2D eigenvalue weighted by molar-refractivity contribution is 0.190. The quantitative estimate of drug-likeness (QED) is 0.714. The summed E-state index contributed by atoms with van der Waals surface area (Å²) >= 11 is 0. The van der Waals surface area contributed by atoms with Crippen LogP contribution in [0.2, 0.25) is 0 Å². The number of amides is 3. The van der Waals surface area contributed by atoms with Crippen molar-refractivity contribution < 1.29 is 14.3 Å². The number of hydrogen-bond donors (Lipinski definition) is 0. The Morgan fingerprint density at radius 3 is 2.63 bits per heavy atom. The highest BCUT2D eigenvalue weighted by atomic mass is 16.5. The number of urea groups is 1. The molecule has 27 heavy (non-hydrogen) atoms. The minimum atomic E-state index is -0.387. The molecule has 0 unspecified atom stereocenters. The molecule has 1 aliphatic rings. The van der Waals surface area contributed by atoms with Crippen LogP contribution in [0, 0.1) is 0 Å². The number of pyridine rings is 1. The molecular formula is C20H20N4O3. The minimum absolute atomic E-state index is 0.296. The third kappa shape index (κ3) is 2.91. The van der Waals surface area contributed by atoms with Gasteiger partial charge in [0.25, 0.3) is 0 Å². The normalized spacial score (nSPS) is 14.2. The van der Waals surface area contributed by atoms with Crippen LogP contribution < -0.4 is 4.74 Å². The molecule has 1 aliphatic heterocycles. The van der Waals surface area contributed by atoms with Gasteiger partial charge in [-0.2, -0.15) is 0 Å². The molecule has 0 saturated carbocycles. The fraction of sp³-hybridized carbons (Fsp3) is 0.250. The number of hydrogen-bond acceptors (Lipinski definition) is 4. The van der Waals surface area contributed by atoms with Crippen LogP contribution in [0.25, 0.3) is 22.3 Å². The van der Waals surface area contributed by atoms with Crippen molar-refractivity contribution in [2.45, 2.75) is 6.92 Å². The summed E-state index contributed by atoms with van der Waals surface area (Å²) in [5.41, 5.74) is 2.08. The number of likely N-dealkylation sites (N-methyl/N-ethyl adjacent to an activating group) is 1. The van der Waals surface area contributed by atoms with E-state index >= 15 is 0 Å². The maximum absolute atomic E-state index is 13.2. The number of nitrogens with zero attached hydrogens (tertiary/aromatic N) is 4. The van der Waals surface area contributed by atoms with Gasteiger partial charge in [0, 0.05) is 31.7 Å². The number of ether oxygens (including phenoxy) is 1. The van der Waals surface area contributed by atoms with Crippen LogP contribution in [0.15, 0.2) is 48.7 Å². The molecule has 3 heterocycles. The molecule has 7 heteroatoms. The van der Waals surface area contributed by atoms with E-state index in [1.807, 2.05) is 49.4 Å². The van der Waals surface area contributed by atoms with Crippen molar-refractivity contribution in [2.24, 2.45) is 0 Å². The van der Waals surface area contributed by atoms with Gasteiger partial charge in [0.2, 0.25) is 0 Å². The Bertz CT molecular complexity index is 1010. The van der Waals surface area contributed by atoms with Crippen molar-refractivity contribution in [1.29, 1.82) is 0 Å². The van der Waals surface area contributed by atoms with E-state index in [2.05, 4.69) is 4.98 Å². The van der Waals surface area contributed by atoms with Crippen molar-refractivity contribution in [3.63, 3.8) is 0 Å². The SMILES string of the molecule is CCOc1ccc(-c2cc3cccnc3n2C(=O)N2CCN(C)C2=O)cc1. The van der Waals surface area contributed by atoms with Gasteiger partial charge in [-0.15, -0.1) is 0 Å². The molecule has 0 N–H and O–H groups in total. The summed E-state index contributed by atoms with van der Waals surface area (Å²) in [5, 5.41) is 0.842. The number of rotatable bonds is 3. The van der Waals surface area contributed by atoms with Gasteiger partial charge < -0.3 is 9.64 Å². The number of carbonyl (C=O) groups is 2. The van der Waals surface area contributed by atoms with Gasteiger partial charge in [0.15, 0.2) is 0 Å². The molecule has 0 atom stereocenters. The van der Waals surface area contributed by atoms with Crippen LogP contribution in [-0.2, 0) is 0 Å². The molecule has 1 fully saturated rings. The van der Waals surface area contributed by atoms with Crippen LogP contribution in [0.1, 0.15) is 6.92 Å². The van der Waals surface area contributed by atoms with Crippen molar-refractivity contribution in [3.05, 3.63) is 48.7 Å². The Morgan fingerprint density at radius 1 is 1.19 bits per heavy atom. The van der Waals surface area contributed by atoms with E-state index in [1.54, 1.807) is 13.2 Å². The average Bonchev–Trinajstić information content (AvgIpc) is 3.23. The molecule has 3 aromatic rings. The van der Waals surface area contributed by atoms with Crippen molar-refractivity contribution in [1.82, 2.24) is 19.4 Å². The van der Waals surface area contributed by atoms with Crippen LogP contribution in [0.3, 0.4) is 0 Å². The summed E-state index contributed by atoms with van der Waals surface area (Å²) in [6.07, 6.45) is 1.64. The summed E-state index contributed by atoms with van der Waals surface area (Å²) in [6, 6.07) is 12.5. The third-order valence-corrected chi connectivity index (χ3v) is 4.66. The molecule has 1 aromatic carbocycles. The van der Waals surface area contributed by atoms with Gasteiger partial charge in [-0.1, -0.05) is 0 Å². The van der Waals surface area contributed by atoms with Crippen LogP contribution >= 0.6 is 0 Å². The Labute approximate surface area is 156 Å². The zero-order valence-electron chi connectivity index (χ0n) is 15.3. The molecule has 0 aliphatic carbocycles. The Kier molecular flexibility index (Phi) is 4.27. The molecule has 0 radical (unpaired) electrons. The number of aromatic nitrogens is 2. The number of carbonyl (C=O) groups excluding carboxylic acids is 2. The highest BCUT2D eigenvalue weighted by molar-refractivity contribution is 6.02. The topological polar surface area (TPSA) is 67.7 Å². The van der Waals surface area contributed by atoms with E-state index in [1.165, 1.54) is 14.4 Å². The van der Waals surface area contributed by atoms with Crippen LogP contribution in [0.4, 0.5) is 9.59 Å². The molecule has 2 aromatic heterocycles. The highest BCUT2D eigenvalue weighted by Crippen LogP contribution is 2.29. The summed E-state index contributed by atoms with van der Waals surface area (Å²) in [7, 11) is 1.69. The average molecular weight is 364 g/mol. The lowest BCUT2D eigenvalue weighted by Crippen LogP contribution is -2.38. The van der Waals surface area contributed by atoms with Crippen LogP contribution in [0.5, 0.6) is 5.75 Å². The summed E-state index contributed by atoms with van der Waals surface area (Å²) < 4.78 is 7.01. The molecule has 3 amide bonds. The van der Waals surface area contributed by atoms with E-state index in [4.69, 9.17) is 4.74 Å². The number of benzene rings is 1. The first-order valence-electron chi connectivity index (χ1n) is 8.87. The van der Waals surface area contributed by atoms with E-state index in [0.29, 0.717) is 31.0 Å².